The lowest BCUT2D eigenvalue weighted by atomic mass is 9.87. The molecule has 0 saturated heterocycles. The van der Waals surface area contributed by atoms with E-state index in [0.717, 1.165) is 31.5 Å². The second kappa shape index (κ2) is 12.8. The Morgan fingerprint density at radius 2 is 1.74 bits per heavy atom. The molecule has 0 heterocycles. The van der Waals surface area contributed by atoms with E-state index in [9.17, 15) is 4.79 Å². The van der Waals surface area contributed by atoms with Crippen molar-refractivity contribution in [3.05, 3.63) is 0 Å². The summed E-state index contributed by atoms with van der Waals surface area (Å²) in [5.41, 5.74) is 0. The van der Waals surface area contributed by atoms with E-state index in [2.05, 4.69) is 29.5 Å². The molecule has 1 fully saturated rings. The molecular weight excluding hydrogens is 403 g/mol. The summed E-state index contributed by atoms with van der Waals surface area (Å²) in [5, 5.41) is 6.81. The Bertz CT molecular complexity index is 351. The zero-order valence-corrected chi connectivity index (χ0v) is 17.6. The van der Waals surface area contributed by atoms with Crippen LogP contribution in [0, 0.1) is 5.92 Å². The lowest BCUT2D eigenvalue weighted by Gasteiger charge is -2.28. The minimum Gasteiger partial charge on any atom is -0.357 e. The number of carbonyl (C=O) groups excluding carboxylic acids is 1. The van der Waals surface area contributed by atoms with Crippen molar-refractivity contribution in [3.63, 3.8) is 0 Å². The van der Waals surface area contributed by atoms with Gasteiger partial charge in [-0.05, 0) is 52.4 Å². The van der Waals surface area contributed by atoms with E-state index in [1.807, 2.05) is 18.7 Å². The number of amides is 1. The molecule has 0 aromatic carbocycles. The second-order valence-corrected chi connectivity index (χ2v) is 6.18. The van der Waals surface area contributed by atoms with Crippen molar-refractivity contribution < 1.29 is 4.79 Å². The van der Waals surface area contributed by atoms with Crippen molar-refractivity contribution in [2.75, 3.05) is 26.2 Å². The summed E-state index contributed by atoms with van der Waals surface area (Å²) in [7, 11) is 0. The SMILES string of the molecule is CCNC(=NCCC(=O)N(CC)CC)NC1CCC(C)CC1.I. The maximum Gasteiger partial charge on any atom is 0.224 e. The van der Waals surface area contributed by atoms with Crippen LogP contribution >= 0.6 is 24.0 Å². The molecule has 5 nitrogen and oxygen atoms in total. The van der Waals surface area contributed by atoms with E-state index in [1.54, 1.807) is 0 Å². The number of halogens is 1. The van der Waals surface area contributed by atoms with E-state index >= 15 is 0 Å². The van der Waals surface area contributed by atoms with Crippen molar-refractivity contribution in [2.24, 2.45) is 10.9 Å². The number of nitrogens with one attached hydrogen (secondary N) is 2. The van der Waals surface area contributed by atoms with Gasteiger partial charge in [0.05, 0.1) is 6.54 Å². The van der Waals surface area contributed by atoms with Crippen molar-refractivity contribution in [1.29, 1.82) is 0 Å². The molecule has 2 N–H and O–H groups in total. The lowest BCUT2D eigenvalue weighted by Crippen LogP contribution is -2.45. The topological polar surface area (TPSA) is 56.7 Å². The minimum atomic E-state index is 0. The predicted molar refractivity (Wildman–Crippen MR) is 108 cm³/mol. The van der Waals surface area contributed by atoms with Gasteiger partial charge in [0, 0.05) is 32.1 Å². The zero-order valence-electron chi connectivity index (χ0n) is 15.2. The van der Waals surface area contributed by atoms with Gasteiger partial charge in [0.15, 0.2) is 5.96 Å². The monoisotopic (exact) mass is 438 g/mol. The Labute approximate surface area is 159 Å². The van der Waals surface area contributed by atoms with Gasteiger partial charge in [-0.15, -0.1) is 24.0 Å². The molecule has 1 saturated carbocycles. The number of aliphatic imine (C=N–C) groups is 1. The minimum absolute atomic E-state index is 0. The molecule has 0 radical (unpaired) electrons. The maximum absolute atomic E-state index is 12.0. The van der Waals surface area contributed by atoms with Crippen LogP contribution in [0.2, 0.25) is 0 Å². The summed E-state index contributed by atoms with van der Waals surface area (Å²) in [4.78, 5) is 18.4. The Morgan fingerprint density at radius 1 is 1.13 bits per heavy atom. The molecule has 1 amide bonds. The average molecular weight is 438 g/mol. The second-order valence-electron chi connectivity index (χ2n) is 6.18. The highest BCUT2D eigenvalue weighted by molar-refractivity contribution is 14.0. The molecule has 1 aliphatic rings. The van der Waals surface area contributed by atoms with Crippen LogP contribution in [0.3, 0.4) is 0 Å². The fourth-order valence-corrected chi connectivity index (χ4v) is 2.92. The summed E-state index contributed by atoms with van der Waals surface area (Å²) < 4.78 is 0. The normalized spacial score (nSPS) is 21.3. The first-order valence-corrected chi connectivity index (χ1v) is 8.93. The Balaban J connectivity index is 0.00000484. The highest BCUT2D eigenvalue weighted by Crippen LogP contribution is 2.23. The molecule has 6 heteroatoms. The predicted octanol–water partition coefficient (Wildman–Crippen LogP) is 3.00. The summed E-state index contributed by atoms with van der Waals surface area (Å²) in [5.74, 6) is 1.90. The quantitative estimate of drug-likeness (QED) is 0.365. The van der Waals surface area contributed by atoms with Gasteiger partial charge >= 0.3 is 0 Å². The van der Waals surface area contributed by atoms with Crippen molar-refractivity contribution in [2.45, 2.75) is 65.8 Å². The molecule has 0 aromatic heterocycles. The first-order valence-electron chi connectivity index (χ1n) is 8.93. The van der Waals surface area contributed by atoms with E-state index in [1.165, 1.54) is 25.7 Å². The van der Waals surface area contributed by atoms with Crippen LogP contribution in [0.1, 0.15) is 59.8 Å². The van der Waals surface area contributed by atoms with E-state index in [0.29, 0.717) is 19.0 Å². The van der Waals surface area contributed by atoms with Crippen LogP contribution in [0.25, 0.3) is 0 Å². The molecule has 136 valence electrons. The largest absolute Gasteiger partial charge is 0.357 e. The van der Waals surface area contributed by atoms with Gasteiger partial charge in [-0.3, -0.25) is 9.79 Å². The number of carbonyl (C=O) groups is 1. The van der Waals surface area contributed by atoms with E-state index in [4.69, 9.17) is 0 Å². The molecule has 0 aliphatic heterocycles. The number of hydrogen-bond acceptors (Lipinski definition) is 2. The average Bonchev–Trinajstić information content (AvgIpc) is 2.51. The smallest absolute Gasteiger partial charge is 0.224 e. The van der Waals surface area contributed by atoms with Crippen molar-refractivity contribution in [3.8, 4) is 0 Å². The van der Waals surface area contributed by atoms with Gasteiger partial charge in [-0.2, -0.15) is 0 Å². The fourth-order valence-electron chi connectivity index (χ4n) is 2.92. The van der Waals surface area contributed by atoms with Gasteiger partial charge in [-0.1, -0.05) is 6.92 Å². The summed E-state index contributed by atoms with van der Waals surface area (Å²) in [6, 6.07) is 0.521. The van der Waals surface area contributed by atoms with Crippen LogP contribution in [0.15, 0.2) is 4.99 Å². The van der Waals surface area contributed by atoms with Crippen molar-refractivity contribution >= 4 is 35.8 Å². The number of guanidine groups is 1. The summed E-state index contributed by atoms with van der Waals surface area (Å²) >= 11 is 0. The van der Waals surface area contributed by atoms with Crippen LogP contribution in [0.4, 0.5) is 0 Å². The van der Waals surface area contributed by atoms with Crippen LogP contribution in [-0.2, 0) is 4.79 Å². The number of hydrogen-bond donors (Lipinski definition) is 2. The van der Waals surface area contributed by atoms with Crippen LogP contribution < -0.4 is 10.6 Å². The third-order valence-electron chi connectivity index (χ3n) is 4.41. The van der Waals surface area contributed by atoms with Crippen LogP contribution in [0.5, 0.6) is 0 Å². The Hall–Kier alpha value is -0.530. The molecular formula is C17H35IN4O. The Kier molecular flexibility index (Phi) is 12.5. The van der Waals surface area contributed by atoms with Gasteiger partial charge in [0.2, 0.25) is 5.91 Å². The molecule has 0 atom stereocenters. The van der Waals surface area contributed by atoms with Crippen molar-refractivity contribution in [1.82, 2.24) is 15.5 Å². The maximum atomic E-state index is 12.0. The third kappa shape index (κ3) is 8.77. The van der Waals surface area contributed by atoms with E-state index < -0.39 is 0 Å². The first-order chi connectivity index (χ1) is 10.6. The first kappa shape index (κ1) is 22.5. The van der Waals surface area contributed by atoms with Gasteiger partial charge in [0.25, 0.3) is 0 Å². The van der Waals surface area contributed by atoms with Gasteiger partial charge < -0.3 is 15.5 Å². The third-order valence-corrected chi connectivity index (χ3v) is 4.41. The number of rotatable bonds is 7. The zero-order chi connectivity index (χ0) is 16.4. The Morgan fingerprint density at radius 3 is 2.26 bits per heavy atom. The molecule has 0 unspecified atom stereocenters. The molecule has 0 spiro atoms. The molecule has 0 aromatic rings. The van der Waals surface area contributed by atoms with E-state index in [-0.39, 0.29) is 29.9 Å². The van der Waals surface area contributed by atoms with Gasteiger partial charge in [0.1, 0.15) is 0 Å². The number of nitrogens with zero attached hydrogens (tertiary/aromatic N) is 2. The van der Waals surface area contributed by atoms with Crippen LogP contribution in [-0.4, -0.2) is 49.0 Å². The lowest BCUT2D eigenvalue weighted by molar-refractivity contribution is -0.130. The standard InChI is InChI=1S/C17H34N4O.HI/c1-5-18-17(20-15-10-8-14(4)9-11-15)19-13-12-16(22)21(6-2)7-3;/h14-15H,5-13H2,1-4H3,(H2,18,19,20);1H. The summed E-state index contributed by atoms with van der Waals surface area (Å²) in [6.45, 7) is 11.4. The highest BCUT2D eigenvalue weighted by atomic mass is 127. The summed E-state index contributed by atoms with van der Waals surface area (Å²) in [6.07, 6.45) is 5.49. The molecule has 0 bridgehead atoms. The highest BCUT2D eigenvalue weighted by Gasteiger charge is 2.18. The fraction of sp³-hybridized carbons (Fsp3) is 0.882. The van der Waals surface area contributed by atoms with Gasteiger partial charge in [-0.25, -0.2) is 0 Å². The molecule has 1 rings (SSSR count). The molecule has 23 heavy (non-hydrogen) atoms. The molecule has 1 aliphatic carbocycles.